The van der Waals surface area contributed by atoms with E-state index in [1.807, 2.05) is 54.6 Å². The van der Waals surface area contributed by atoms with Crippen LogP contribution in [0.2, 0.25) is 0 Å². The molecule has 2 aromatic rings. The average Bonchev–Trinajstić information content (AvgIpc) is 2.65. The molecule has 1 saturated heterocycles. The van der Waals surface area contributed by atoms with Crippen molar-refractivity contribution in [1.82, 2.24) is 9.80 Å². The zero-order valence-corrected chi connectivity index (χ0v) is 14.4. The van der Waals surface area contributed by atoms with E-state index >= 15 is 0 Å². The lowest BCUT2D eigenvalue weighted by Crippen LogP contribution is -2.46. The predicted molar refractivity (Wildman–Crippen MR) is 99.6 cm³/mol. The minimum atomic E-state index is -0.0876. The van der Waals surface area contributed by atoms with Crippen molar-refractivity contribution < 1.29 is 9.90 Å². The van der Waals surface area contributed by atoms with Crippen LogP contribution in [0, 0.1) is 0 Å². The summed E-state index contributed by atoms with van der Waals surface area (Å²) in [6.07, 6.45) is 0. The molecule has 1 heterocycles. The number of aliphatic hydroxyl groups is 1. The Morgan fingerprint density at radius 2 is 1.56 bits per heavy atom. The normalized spacial score (nSPS) is 15.9. The number of β-amino-alcohol motifs (C(OH)–C–C–N with tert-alkyl or cyclic N) is 1. The van der Waals surface area contributed by atoms with E-state index in [0.717, 1.165) is 45.0 Å². The van der Waals surface area contributed by atoms with Gasteiger partial charge in [-0.15, -0.1) is 0 Å². The Kier molecular flexibility index (Phi) is 6.17. The van der Waals surface area contributed by atoms with Crippen LogP contribution in [0.3, 0.4) is 0 Å². The maximum atomic E-state index is 12.3. The Hall–Kier alpha value is -2.21. The number of anilines is 1. The molecule has 1 amide bonds. The molecule has 0 bridgehead atoms. The van der Waals surface area contributed by atoms with Gasteiger partial charge in [-0.25, -0.2) is 0 Å². The van der Waals surface area contributed by atoms with Gasteiger partial charge in [0.1, 0.15) is 0 Å². The number of rotatable bonds is 6. The molecule has 2 N–H and O–H groups in total. The largest absolute Gasteiger partial charge is 0.395 e. The number of nitrogens with one attached hydrogen (secondary N) is 1. The minimum Gasteiger partial charge on any atom is -0.395 e. The third kappa shape index (κ3) is 5.13. The molecule has 1 aliphatic heterocycles. The van der Waals surface area contributed by atoms with E-state index in [4.69, 9.17) is 5.11 Å². The summed E-state index contributed by atoms with van der Waals surface area (Å²) in [4.78, 5) is 17.0. The summed E-state index contributed by atoms with van der Waals surface area (Å²) in [5, 5.41) is 11.9. The van der Waals surface area contributed by atoms with Crippen LogP contribution in [0.1, 0.15) is 15.9 Å². The van der Waals surface area contributed by atoms with E-state index < -0.39 is 0 Å². The molecule has 5 nitrogen and oxygen atoms in total. The summed E-state index contributed by atoms with van der Waals surface area (Å²) in [5.41, 5.74) is 2.68. The lowest BCUT2D eigenvalue weighted by Gasteiger charge is -2.34. The summed E-state index contributed by atoms with van der Waals surface area (Å²) in [5.74, 6) is -0.0876. The van der Waals surface area contributed by atoms with Crippen molar-refractivity contribution in [2.75, 3.05) is 44.6 Å². The number of carbonyl (C=O) groups excluding carboxylic acids is 1. The zero-order chi connectivity index (χ0) is 17.5. The number of hydrogen-bond donors (Lipinski definition) is 2. The molecule has 0 saturated carbocycles. The number of carbonyl (C=O) groups is 1. The Bertz CT molecular complexity index is 665. The molecule has 0 aromatic heterocycles. The van der Waals surface area contributed by atoms with Crippen LogP contribution in [0.15, 0.2) is 54.6 Å². The van der Waals surface area contributed by atoms with Crippen LogP contribution in [-0.2, 0) is 6.54 Å². The topological polar surface area (TPSA) is 55.8 Å². The second-order valence-corrected chi connectivity index (χ2v) is 6.36. The summed E-state index contributed by atoms with van der Waals surface area (Å²) in [6, 6.07) is 17.3. The Balaban J connectivity index is 1.51. The monoisotopic (exact) mass is 339 g/mol. The van der Waals surface area contributed by atoms with E-state index in [9.17, 15) is 4.79 Å². The number of para-hydroxylation sites is 1. The molecule has 2 aromatic carbocycles. The molecule has 132 valence electrons. The van der Waals surface area contributed by atoms with Crippen LogP contribution < -0.4 is 5.32 Å². The average molecular weight is 339 g/mol. The third-order valence-corrected chi connectivity index (χ3v) is 4.54. The van der Waals surface area contributed by atoms with Gasteiger partial charge >= 0.3 is 0 Å². The van der Waals surface area contributed by atoms with E-state index in [2.05, 4.69) is 15.1 Å². The molecule has 5 heteroatoms. The van der Waals surface area contributed by atoms with Gasteiger partial charge < -0.3 is 10.4 Å². The first kappa shape index (κ1) is 17.6. The maximum absolute atomic E-state index is 12.3. The first-order valence-electron chi connectivity index (χ1n) is 8.75. The maximum Gasteiger partial charge on any atom is 0.255 e. The number of benzene rings is 2. The molecule has 25 heavy (non-hydrogen) atoms. The second-order valence-electron chi connectivity index (χ2n) is 6.36. The van der Waals surface area contributed by atoms with Crippen LogP contribution in [0.4, 0.5) is 5.69 Å². The van der Waals surface area contributed by atoms with Gasteiger partial charge in [0.2, 0.25) is 0 Å². The SMILES string of the molecule is O=C(Nc1ccccc1)c1ccc(CN2CCN(CCO)CC2)cc1. The van der Waals surface area contributed by atoms with Crippen molar-refractivity contribution in [2.45, 2.75) is 6.54 Å². The molecule has 0 unspecified atom stereocenters. The van der Waals surface area contributed by atoms with Crippen molar-refractivity contribution in [3.8, 4) is 0 Å². The smallest absolute Gasteiger partial charge is 0.255 e. The van der Waals surface area contributed by atoms with Crippen molar-refractivity contribution >= 4 is 11.6 Å². The Morgan fingerprint density at radius 3 is 2.20 bits per heavy atom. The number of amides is 1. The van der Waals surface area contributed by atoms with Crippen molar-refractivity contribution in [3.63, 3.8) is 0 Å². The lowest BCUT2D eigenvalue weighted by atomic mass is 10.1. The molecular formula is C20H25N3O2. The summed E-state index contributed by atoms with van der Waals surface area (Å²) in [6.45, 7) is 5.90. The van der Waals surface area contributed by atoms with Gasteiger partial charge in [-0.3, -0.25) is 14.6 Å². The minimum absolute atomic E-state index is 0.0876. The summed E-state index contributed by atoms with van der Waals surface area (Å²) in [7, 11) is 0. The highest BCUT2D eigenvalue weighted by molar-refractivity contribution is 6.04. The van der Waals surface area contributed by atoms with Crippen LogP contribution in [-0.4, -0.2) is 60.1 Å². The molecule has 1 fully saturated rings. The molecule has 0 aliphatic carbocycles. The third-order valence-electron chi connectivity index (χ3n) is 4.54. The molecule has 0 spiro atoms. The molecule has 3 rings (SSSR count). The van der Waals surface area contributed by atoms with Crippen molar-refractivity contribution in [2.24, 2.45) is 0 Å². The van der Waals surface area contributed by atoms with Gasteiger partial charge in [-0.05, 0) is 29.8 Å². The highest BCUT2D eigenvalue weighted by Crippen LogP contribution is 2.12. The standard InChI is InChI=1S/C20H25N3O2/c24-15-14-22-10-12-23(13-11-22)16-17-6-8-18(9-7-17)20(25)21-19-4-2-1-3-5-19/h1-9,24H,10-16H2,(H,21,25). The van der Waals surface area contributed by atoms with E-state index in [1.165, 1.54) is 5.56 Å². The number of nitrogens with zero attached hydrogens (tertiary/aromatic N) is 2. The summed E-state index contributed by atoms with van der Waals surface area (Å²) < 4.78 is 0. The number of piperazine rings is 1. The van der Waals surface area contributed by atoms with Gasteiger partial charge in [0.05, 0.1) is 6.61 Å². The first-order chi connectivity index (χ1) is 12.2. The van der Waals surface area contributed by atoms with Crippen LogP contribution in [0.25, 0.3) is 0 Å². The van der Waals surface area contributed by atoms with Gasteiger partial charge in [-0.2, -0.15) is 0 Å². The zero-order valence-electron chi connectivity index (χ0n) is 14.4. The van der Waals surface area contributed by atoms with Crippen LogP contribution in [0.5, 0.6) is 0 Å². The fraction of sp³-hybridized carbons (Fsp3) is 0.350. The quantitative estimate of drug-likeness (QED) is 0.846. The van der Waals surface area contributed by atoms with E-state index in [0.29, 0.717) is 5.56 Å². The van der Waals surface area contributed by atoms with Crippen molar-refractivity contribution in [3.05, 3.63) is 65.7 Å². The lowest BCUT2D eigenvalue weighted by molar-refractivity contribution is 0.102. The van der Waals surface area contributed by atoms with Crippen molar-refractivity contribution in [1.29, 1.82) is 0 Å². The number of hydrogen-bond acceptors (Lipinski definition) is 4. The molecular weight excluding hydrogens is 314 g/mol. The van der Waals surface area contributed by atoms with E-state index in [-0.39, 0.29) is 12.5 Å². The van der Waals surface area contributed by atoms with Gasteiger partial charge in [0, 0.05) is 50.5 Å². The van der Waals surface area contributed by atoms with Gasteiger partial charge in [0.15, 0.2) is 0 Å². The van der Waals surface area contributed by atoms with Gasteiger partial charge in [-0.1, -0.05) is 30.3 Å². The predicted octanol–water partition coefficient (Wildman–Crippen LogP) is 2.05. The van der Waals surface area contributed by atoms with Gasteiger partial charge in [0.25, 0.3) is 5.91 Å². The van der Waals surface area contributed by atoms with E-state index in [1.54, 1.807) is 0 Å². The highest BCUT2D eigenvalue weighted by Gasteiger charge is 2.16. The molecule has 1 aliphatic rings. The molecule has 0 atom stereocenters. The fourth-order valence-corrected chi connectivity index (χ4v) is 3.06. The van der Waals surface area contributed by atoms with Crippen LogP contribution >= 0.6 is 0 Å². The highest BCUT2D eigenvalue weighted by atomic mass is 16.3. The number of aliphatic hydroxyl groups excluding tert-OH is 1. The fourth-order valence-electron chi connectivity index (χ4n) is 3.06. The Labute approximate surface area is 148 Å². The second kappa shape index (κ2) is 8.76. The summed E-state index contributed by atoms with van der Waals surface area (Å²) >= 11 is 0. The Morgan fingerprint density at radius 1 is 0.920 bits per heavy atom. The molecule has 0 radical (unpaired) electrons. The first-order valence-corrected chi connectivity index (χ1v) is 8.75.